The van der Waals surface area contributed by atoms with Gasteiger partial charge in [0.05, 0.1) is 25.8 Å². The molecule has 0 aliphatic carbocycles. The van der Waals surface area contributed by atoms with E-state index in [1.807, 2.05) is 38.1 Å². The molecular weight excluding hydrogens is 346 g/mol. The highest BCUT2D eigenvalue weighted by atomic mass is 16.5. The summed E-state index contributed by atoms with van der Waals surface area (Å²) in [5.41, 5.74) is 2.46. The van der Waals surface area contributed by atoms with Crippen LogP contribution in [0.4, 0.5) is 0 Å². The van der Waals surface area contributed by atoms with Crippen molar-refractivity contribution in [1.82, 2.24) is 5.32 Å². The van der Waals surface area contributed by atoms with Gasteiger partial charge in [0, 0.05) is 0 Å². The Morgan fingerprint density at radius 3 is 2.26 bits per heavy atom. The van der Waals surface area contributed by atoms with Crippen LogP contribution in [0.3, 0.4) is 0 Å². The number of benzene rings is 2. The number of hydrogen-bond donors (Lipinski definition) is 1. The predicted molar refractivity (Wildman–Crippen MR) is 102 cm³/mol. The van der Waals surface area contributed by atoms with Gasteiger partial charge < -0.3 is 19.5 Å². The molecule has 0 spiro atoms. The molecule has 0 radical (unpaired) electrons. The van der Waals surface area contributed by atoms with Gasteiger partial charge in [0.15, 0.2) is 18.1 Å². The number of carbonyl (C=O) groups is 2. The summed E-state index contributed by atoms with van der Waals surface area (Å²) in [4.78, 5) is 24.4. The van der Waals surface area contributed by atoms with Crippen molar-refractivity contribution in [1.29, 1.82) is 0 Å². The minimum atomic E-state index is -0.602. The zero-order valence-electron chi connectivity index (χ0n) is 16.1. The van der Waals surface area contributed by atoms with E-state index < -0.39 is 5.97 Å². The molecule has 6 nitrogen and oxygen atoms in total. The van der Waals surface area contributed by atoms with Gasteiger partial charge in [-0.1, -0.05) is 36.8 Å². The van der Waals surface area contributed by atoms with Gasteiger partial charge in [0.1, 0.15) is 0 Å². The summed E-state index contributed by atoms with van der Waals surface area (Å²) in [6.07, 6.45) is 0.735. The molecule has 1 amide bonds. The van der Waals surface area contributed by atoms with Crippen LogP contribution >= 0.6 is 0 Å². The second-order valence-corrected chi connectivity index (χ2v) is 6.08. The van der Waals surface area contributed by atoms with Crippen molar-refractivity contribution in [3.8, 4) is 11.5 Å². The van der Waals surface area contributed by atoms with Gasteiger partial charge in [-0.15, -0.1) is 0 Å². The smallest absolute Gasteiger partial charge is 0.338 e. The first kappa shape index (κ1) is 20.3. The van der Waals surface area contributed by atoms with Gasteiger partial charge >= 0.3 is 5.97 Å². The highest BCUT2D eigenvalue weighted by molar-refractivity contribution is 5.92. The number of methoxy groups -OCH3 is 2. The number of nitrogens with one attached hydrogen (secondary N) is 1. The first-order valence-corrected chi connectivity index (χ1v) is 8.73. The number of ether oxygens (including phenoxy) is 3. The standard InChI is InChI=1S/C21H25NO5/c1-5-17(15-8-6-14(2)7-9-15)22-20(23)13-27-21(24)16-10-11-18(25-3)19(12-16)26-4/h6-12,17H,5,13H2,1-4H3,(H,22,23)/t17-/m0/s1. The third-order valence-electron chi connectivity index (χ3n) is 4.18. The Kier molecular flexibility index (Phi) is 7.23. The lowest BCUT2D eigenvalue weighted by molar-refractivity contribution is -0.125. The SMILES string of the molecule is CC[C@H](NC(=O)COC(=O)c1ccc(OC)c(OC)c1)c1ccc(C)cc1. The summed E-state index contributed by atoms with van der Waals surface area (Å²) in [6, 6.07) is 12.5. The topological polar surface area (TPSA) is 73.9 Å². The molecule has 2 rings (SSSR count). The molecule has 0 aliphatic heterocycles. The molecule has 2 aromatic rings. The second kappa shape index (κ2) is 9.62. The van der Waals surface area contributed by atoms with Gasteiger partial charge in [-0.3, -0.25) is 4.79 Å². The molecular formula is C21H25NO5. The van der Waals surface area contributed by atoms with Crippen LogP contribution in [-0.4, -0.2) is 32.7 Å². The van der Waals surface area contributed by atoms with Crippen LogP contribution in [0.5, 0.6) is 11.5 Å². The van der Waals surface area contributed by atoms with Crippen molar-refractivity contribution < 1.29 is 23.8 Å². The molecule has 2 aromatic carbocycles. The number of esters is 1. The maximum atomic E-state index is 12.2. The maximum Gasteiger partial charge on any atom is 0.338 e. The number of aryl methyl sites for hydroxylation is 1. The maximum absolute atomic E-state index is 12.2. The van der Waals surface area contributed by atoms with E-state index in [9.17, 15) is 9.59 Å². The lowest BCUT2D eigenvalue weighted by Crippen LogP contribution is -2.32. The molecule has 1 atom stereocenters. The van der Waals surface area contributed by atoms with Crippen LogP contribution in [-0.2, 0) is 9.53 Å². The number of carbonyl (C=O) groups excluding carboxylic acids is 2. The van der Waals surface area contributed by atoms with Crippen LogP contribution in [0.15, 0.2) is 42.5 Å². The molecule has 144 valence electrons. The third kappa shape index (κ3) is 5.48. The molecule has 0 fully saturated rings. The van der Waals surface area contributed by atoms with Crippen LogP contribution in [0.25, 0.3) is 0 Å². The molecule has 0 heterocycles. The Labute approximate surface area is 159 Å². The van der Waals surface area contributed by atoms with E-state index in [0.717, 1.165) is 17.5 Å². The minimum Gasteiger partial charge on any atom is -0.493 e. The molecule has 0 saturated heterocycles. The van der Waals surface area contributed by atoms with Gasteiger partial charge in [0.25, 0.3) is 5.91 Å². The molecule has 0 bridgehead atoms. The lowest BCUT2D eigenvalue weighted by Gasteiger charge is -2.17. The normalized spacial score (nSPS) is 11.4. The molecule has 0 aliphatic rings. The van der Waals surface area contributed by atoms with Gasteiger partial charge in [-0.2, -0.15) is 0 Å². The van der Waals surface area contributed by atoms with Crippen molar-refractivity contribution in [2.45, 2.75) is 26.3 Å². The van der Waals surface area contributed by atoms with Gasteiger partial charge in [-0.05, 0) is 37.1 Å². The van der Waals surface area contributed by atoms with Crippen LogP contribution in [0.2, 0.25) is 0 Å². The van der Waals surface area contributed by atoms with Gasteiger partial charge in [0.2, 0.25) is 0 Å². The predicted octanol–water partition coefficient (Wildman–Crippen LogP) is 3.44. The molecule has 27 heavy (non-hydrogen) atoms. The Morgan fingerprint density at radius 2 is 1.67 bits per heavy atom. The van der Waals surface area contributed by atoms with Crippen molar-refractivity contribution in [2.75, 3.05) is 20.8 Å². The van der Waals surface area contributed by atoms with Crippen LogP contribution in [0.1, 0.15) is 40.9 Å². The summed E-state index contributed by atoms with van der Waals surface area (Å²) in [5.74, 6) is -0.0248. The van der Waals surface area contributed by atoms with Crippen molar-refractivity contribution in [3.05, 3.63) is 59.2 Å². The Hall–Kier alpha value is -3.02. The fourth-order valence-electron chi connectivity index (χ4n) is 2.63. The summed E-state index contributed by atoms with van der Waals surface area (Å²) >= 11 is 0. The van der Waals surface area contributed by atoms with E-state index in [2.05, 4.69) is 5.32 Å². The molecule has 1 N–H and O–H groups in total. The quantitative estimate of drug-likeness (QED) is 0.720. The minimum absolute atomic E-state index is 0.127. The number of hydrogen-bond acceptors (Lipinski definition) is 5. The Bertz CT molecular complexity index is 786. The van der Waals surface area contributed by atoms with Gasteiger partial charge in [-0.25, -0.2) is 4.79 Å². The lowest BCUT2D eigenvalue weighted by atomic mass is 10.0. The first-order chi connectivity index (χ1) is 13.0. The summed E-state index contributed by atoms with van der Waals surface area (Å²) in [5, 5.41) is 2.89. The summed E-state index contributed by atoms with van der Waals surface area (Å²) in [7, 11) is 2.99. The third-order valence-corrected chi connectivity index (χ3v) is 4.18. The molecule has 0 unspecified atom stereocenters. The summed E-state index contributed by atoms with van der Waals surface area (Å²) < 4.78 is 15.4. The van der Waals surface area contributed by atoms with Crippen molar-refractivity contribution in [3.63, 3.8) is 0 Å². The Balaban J connectivity index is 1.94. The van der Waals surface area contributed by atoms with E-state index in [0.29, 0.717) is 11.5 Å². The average Bonchev–Trinajstić information content (AvgIpc) is 2.70. The number of amides is 1. The van der Waals surface area contributed by atoms with Crippen LogP contribution in [0, 0.1) is 6.92 Å². The fourth-order valence-corrected chi connectivity index (χ4v) is 2.63. The zero-order chi connectivity index (χ0) is 19.8. The zero-order valence-corrected chi connectivity index (χ0v) is 16.1. The molecule has 0 aromatic heterocycles. The van der Waals surface area contributed by atoms with E-state index >= 15 is 0 Å². The first-order valence-electron chi connectivity index (χ1n) is 8.73. The second-order valence-electron chi connectivity index (χ2n) is 6.08. The van der Waals surface area contributed by atoms with Crippen LogP contribution < -0.4 is 14.8 Å². The van der Waals surface area contributed by atoms with Crippen molar-refractivity contribution >= 4 is 11.9 Å². The van der Waals surface area contributed by atoms with Crippen molar-refractivity contribution in [2.24, 2.45) is 0 Å². The average molecular weight is 371 g/mol. The van der Waals surface area contributed by atoms with E-state index in [1.54, 1.807) is 12.1 Å². The Morgan fingerprint density at radius 1 is 1.00 bits per heavy atom. The number of rotatable bonds is 8. The largest absolute Gasteiger partial charge is 0.493 e. The van der Waals surface area contributed by atoms with E-state index in [1.165, 1.54) is 20.3 Å². The molecule has 0 saturated carbocycles. The highest BCUT2D eigenvalue weighted by Crippen LogP contribution is 2.27. The fraction of sp³-hybridized carbons (Fsp3) is 0.333. The monoisotopic (exact) mass is 371 g/mol. The highest BCUT2D eigenvalue weighted by Gasteiger charge is 2.16. The summed E-state index contributed by atoms with van der Waals surface area (Å²) in [6.45, 7) is 3.65. The molecule has 6 heteroatoms. The van der Waals surface area contributed by atoms with E-state index in [4.69, 9.17) is 14.2 Å². The van der Waals surface area contributed by atoms with E-state index in [-0.39, 0.29) is 24.1 Å².